The van der Waals surface area contributed by atoms with Crippen LogP contribution in [-0.2, 0) is 4.79 Å². The molecule has 0 saturated carbocycles. The van der Waals surface area contributed by atoms with Gasteiger partial charge in [0.2, 0.25) is 5.91 Å². The zero-order chi connectivity index (χ0) is 18.8. The van der Waals surface area contributed by atoms with Gasteiger partial charge in [-0.1, -0.05) is 36.9 Å². The molecule has 0 unspecified atom stereocenters. The lowest BCUT2D eigenvalue weighted by Gasteiger charge is -2.31. The van der Waals surface area contributed by atoms with Crippen LogP contribution in [-0.4, -0.2) is 56.8 Å². The molecule has 4 rings (SSSR count). The Bertz CT molecular complexity index is 962. The summed E-state index contributed by atoms with van der Waals surface area (Å²) in [4.78, 5) is 14.8. The van der Waals surface area contributed by atoms with Crippen LogP contribution < -0.4 is 5.32 Å². The summed E-state index contributed by atoms with van der Waals surface area (Å²) >= 11 is 1.45. The molecule has 27 heavy (non-hydrogen) atoms. The predicted octanol–water partition coefficient (Wildman–Crippen LogP) is 2.88. The molecule has 1 amide bonds. The maximum atomic E-state index is 12.4. The largest absolute Gasteiger partial charge is 0.353 e. The van der Waals surface area contributed by atoms with Gasteiger partial charge in [0.15, 0.2) is 10.8 Å². The lowest BCUT2D eigenvalue weighted by molar-refractivity contribution is -0.119. The van der Waals surface area contributed by atoms with E-state index in [1.165, 1.54) is 22.7 Å². The Morgan fingerprint density at radius 2 is 2.04 bits per heavy atom. The smallest absolute Gasteiger partial charge is 0.230 e. The summed E-state index contributed by atoms with van der Waals surface area (Å²) in [5.41, 5.74) is 3.08. The number of thioether (sulfide) groups is 1. The van der Waals surface area contributed by atoms with Crippen molar-refractivity contribution in [1.29, 1.82) is 0 Å². The Balaban J connectivity index is 1.45. The number of benzene rings is 1. The van der Waals surface area contributed by atoms with Gasteiger partial charge in [0.25, 0.3) is 0 Å². The van der Waals surface area contributed by atoms with E-state index in [-0.39, 0.29) is 5.91 Å². The Labute approximate surface area is 163 Å². The molecule has 0 aliphatic carbocycles. The van der Waals surface area contributed by atoms with Crippen LogP contribution >= 0.6 is 11.8 Å². The average molecular weight is 384 g/mol. The SMILES string of the molecule is CCN1CCC(NC(=O)CSc2nnc3cc(C)c4ccccc4n23)CC1. The normalized spacial score (nSPS) is 16.2. The van der Waals surface area contributed by atoms with Gasteiger partial charge in [-0.05, 0) is 44.0 Å². The first kappa shape index (κ1) is 18.3. The monoisotopic (exact) mass is 383 g/mol. The molecule has 7 heteroatoms. The Hall–Kier alpha value is -2.12. The number of piperidine rings is 1. The molecule has 0 atom stereocenters. The predicted molar refractivity (Wildman–Crippen MR) is 109 cm³/mol. The summed E-state index contributed by atoms with van der Waals surface area (Å²) < 4.78 is 2.04. The molecule has 0 bridgehead atoms. The summed E-state index contributed by atoms with van der Waals surface area (Å²) in [5.74, 6) is 0.430. The van der Waals surface area contributed by atoms with E-state index in [0.29, 0.717) is 11.8 Å². The van der Waals surface area contributed by atoms with Crippen LogP contribution in [0.25, 0.3) is 16.6 Å². The highest BCUT2D eigenvalue weighted by Crippen LogP contribution is 2.25. The standard InChI is InChI=1S/C20H25N5OS/c1-3-24-10-8-15(9-11-24)21-19(26)13-27-20-23-22-18-12-14(2)16-6-4-5-7-17(16)25(18)20/h4-7,12,15H,3,8-11,13H2,1-2H3,(H,21,26). The number of carbonyl (C=O) groups excluding carboxylic acids is 1. The average Bonchev–Trinajstić information content (AvgIpc) is 3.10. The van der Waals surface area contributed by atoms with Gasteiger partial charge in [-0.15, -0.1) is 10.2 Å². The number of hydrogen-bond acceptors (Lipinski definition) is 5. The second-order valence-corrected chi connectivity index (χ2v) is 8.03. The van der Waals surface area contributed by atoms with Crippen molar-refractivity contribution >= 4 is 34.2 Å². The molecule has 1 N–H and O–H groups in total. The van der Waals surface area contributed by atoms with Crippen molar-refractivity contribution in [2.45, 2.75) is 37.9 Å². The Morgan fingerprint density at radius 3 is 2.81 bits per heavy atom. The quantitative estimate of drug-likeness (QED) is 0.687. The molecule has 6 nitrogen and oxygen atoms in total. The number of amides is 1. The number of carbonyl (C=O) groups is 1. The minimum absolute atomic E-state index is 0.0723. The van der Waals surface area contributed by atoms with Crippen LogP contribution in [0.2, 0.25) is 0 Å². The Kier molecular flexibility index (Phi) is 5.31. The first-order valence-electron chi connectivity index (χ1n) is 9.53. The molecule has 142 valence electrons. The zero-order valence-electron chi connectivity index (χ0n) is 15.8. The summed E-state index contributed by atoms with van der Waals surface area (Å²) in [6.45, 7) is 7.48. The van der Waals surface area contributed by atoms with E-state index in [4.69, 9.17) is 0 Å². The summed E-state index contributed by atoms with van der Waals surface area (Å²) in [6.07, 6.45) is 2.06. The third kappa shape index (κ3) is 3.80. The highest BCUT2D eigenvalue weighted by atomic mass is 32.2. The molecule has 0 spiro atoms. The molecule has 3 aromatic rings. The Morgan fingerprint density at radius 1 is 1.26 bits per heavy atom. The molecule has 3 heterocycles. The third-order valence-electron chi connectivity index (χ3n) is 5.31. The summed E-state index contributed by atoms with van der Waals surface area (Å²) in [6, 6.07) is 10.6. The number of fused-ring (bicyclic) bond motifs is 3. The van der Waals surface area contributed by atoms with Gasteiger partial charge in [-0.3, -0.25) is 9.20 Å². The molecule has 1 aliphatic rings. The molecule has 1 fully saturated rings. The molecule has 2 aromatic heterocycles. The topological polar surface area (TPSA) is 62.5 Å². The number of nitrogens with one attached hydrogen (secondary N) is 1. The number of rotatable bonds is 5. The van der Waals surface area contributed by atoms with E-state index in [1.807, 2.05) is 22.6 Å². The number of aromatic nitrogens is 3. The molecule has 1 aromatic carbocycles. The number of hydrogen-bond donors (Lipinski definition) is 1. The van der Waals surface area contributed by atoms with Gasteiger partial charge in [-0.2, -0.15) is 0 Å². The third-order valence-corrected chi connectivity index (χ3v) is 6.24. The van der Waals surface area contributed by atoms with E-state index in [1.54, 1.807) is 0 Å². The van der Waals surface area contributed by atoms with Crippen LogP contribution in [0.4, 0.5) is 0 Å². The first-order valence-corrected chi connectivity index (χ1v) is 10.5. The van der Waals surface area contributed by atoms with Crippen LogP contribution in [0.1, 0.15) is 25.3 Å². The van der Waals surface area contributed by atoms with Crippen molar-refractivity contribution in [1.82, 2.24) is 24.8 Å². The van der Waals surface area contributed by atoms with Crippen molar-refractivity contribution in [2.75, 3.05) is 25.4 Å². The number of nitrogens with zero attached hydrogens (tertiary/aromatic N) is 4. The minimum Gasteiger partial charge on any atom is -0.353 e. The fraction of sp³-hybridized carbons (Fsp3) is 0.450. The molecule has 1 saturated heterocycles. The lowest BCUT2D eigenvalue weighted by Crippen LogP contribution is -2.45. The van der Waals surface area contributed by atoms with Gasteiger partial charge in [0.1, 0.15) is 0 Å². The highest BCUT2D eigenvalue weighted by Gasteiger charge is 2.20. The van der Waals surface area contributed by atoms with Gasteiger partial charge >= 0.3 is 0 Å². The first-order chi connectivity index (χ1) is 13.2. The molecule has 1 aliphatic heterocycles. The van der Waals surface area contributed by atoms with Gasteiger partial charge in [0, 0.05) is 24.5 Å². The zero-order valence-corrected chi connectivity index (χ0v) is 16.6. The van der Waals surface area contributed by atoms with Crippen molar-refractivity contribution in [3.63, 3.8) is 0 Å². The van der Waals surface area contributed by atoms with Crippen molar-refractivity contribution < 1.29 is 4.79 Å². The van der Waals surface area contributed by atoms with E-state index in [2.05, 4.69) is 46.4 Å². The van der Waals surface area contributed by atoms with E-state index in [0.717, 1.165) is 48.8 Å². The van der Waals surface area contributed by atoms with Gasteiger partial charge < -0.3 is 10.2 Å². The van der Waals surface area contributed by atoms with Crippen LogP contribution in [0, 0.1) is 6.92 Å². The van der Waals surface area contributed by atoms with E-state index >= 15 is 0 Å². The number of para-hydroxylation sites is 1. The second kappa shape index (κ2) is 7.86. The highest BCUT2D eigenvalue weighted by molar-refractivity contribution is 7.99. The summed E-state index contributed by atoms with van der Waals surface area (Å²) in [5, 5.41) is 13.7. The fourth-order valence-electron chi connectivity index (χ4n) is 3.76. The summed E-state index contributed by atoms with van der Waals surface area (Å²) in [7, 11) is 0. The van der Waals surface area contributed by atoms with E-state index < -0.39 is 0 Å². The van der Waals surface area contributed by atoms with E-state index in [9.17, 15) is 4.79 Å². The van der Waals surface area contributed by atoms with Crippen LogP contribution in [0.5, 0.6) is 0 Å². The number of aryl methyl sites for hydroxylation is 1. The molecular weight excluding hydrogens is 358 g/mol. The number of likely N-dealkylation sites (tertiary alicyclic amines) is 1. The molecular formula is C20H25N5OS. The number of pyridine rings is 1. The maximum absolute atomic E-state index is 12.4. The fourth-order valence-corrected chi connectivity index (χ4v) is 4.52. The maximum Gasteiger partial charge on any atom is 0.230 e. The van der Waals surface area contributed by atoms with Crippen molar-refractivity contribution in [3.05, 3.63) is 35.9 Å². The molecule has 0 radical (unpaired) electrons. The van der Waals surface area contributed by atoms with Crippen LogP contribution in [0.3, 0.4) is 0 Å². The van der Waals surface area contributed by atoms with Gasteiger partial charge in [-0.25, -0.2) is 0 Å². The van der Waals surface area contributed by atoms with Crippen LogP contribution in [0.15, 0.2) is 35.5 Å². The van der Waals surface area contributed by atoms with Crippen molar-refractivity contribution in [2.24, 2.45) is 0 Å². The van der Waals surface area contributed by atoms with Gasteiger partial charge in [0.05, 0.1) is 11.3 Å². The van der Waals surface area contributed by atoms with Crippen molar-refractivity contribution in [3.8, 4) is 0 Å². The lowest BCUT2D eigenvalue weighted by atomic mass is 10.1. The second-order valence-electron chi connectivity index (χ2n) is 7.09. The minimum atomic E-state index is 0.0723.